The second-order valence-corrected chi connectivity index (χ2v) is 5.68. The highest BCUT2D eigenvalue weighted by Crippen LogP contribution is 2.32. The standard InChI is InChI=1S/C14H15ClFN3O/c1-9-2-4-14(8-17,5-3-9)19-13(20)11-6-10(16)7-18-12(11)15/h6-7,9H,2-5H2,1H3,(H,19,20). The van der Waals surface area contributed by atoms with E-state index in [-0.39, 0.29) is 10.7 Å². The molecular weight excluding hydrogens is 281 g/mol. The first kappa shape index (κ1) is 14.7. The predicted octanol–water partition coefficient (Wildman–Crippen LogP) is 3.08. The van der Waals surface area contributed by atoms with E-state index in [4.69, 9.17) is 11.6 Å². The summed E-state index contributed by atoms with van der Waals surface area (Å²) in [5, 5.41) is 12.0. The van der Waals surface area contributed by atoms with Crippen molar-refractivity contribution in [3.63, 3.8) is 0 Å². The van der Waals surface area contributed by atoms with Crippen molar-refractivity contribution in [2.24, 2.45) is 5.92 Å². The highest BCUT2D eigenvalue weighted by Gasteiger charge is 2.36. The molecule has 1 aromatic heterocycles. The number of pyridine rings is 1. The molecule has 106 valence electrons. The van der Waals surface area contributed by atoms with E-state index in [9.17, 15) is 14.4 Å². The Balaban J connectivity index is 2.18. The van der Waals surface area contributed by atoms with Gasteiger partial charge in [0, 0.05) is 0 Å². The molecule has 1 aliphatic rings. The first-order chi connectivity index (χ1) is 9.46. The summed E-state index contributed by atoms with van der Waals surface area (Å²) < 4.78 is 13.1. The molecule has 0 saturated heterocycles. The maximum absolute atomic E-state index is 13.1. The number of nitriles is 1. The Hall–Kier alpha value is -1.67. The molecule has 1 aliphatic carbocycles. The van der Waals surface area contributed by atoms with Crippen molar-refractivity contribution in [3.05, 3.63) is 28.8 Å². The van der Waals surface area contributed by atoms with Crippen LogP contribution in [-0.2, 0) is 0 Å². The Morgan fingerprint density at radius 2 is 2.25 bits per heavy atom. The van der Waals surface area contributed by atoms with Gasteiger partial charge in [0.25, 0.3) is 5.91 Å². The van der Waals surface area contributed by atoms with Crippen LogP contribution >= 0.6 is 11.6 Å². The number of rotatable bonds is 2. The fraction of sp³-hybridized carbons (Fsp3) is 0.500. The van der Waals surface area contributed by atoms with Crippen molar-refractivity contribution >= 4 is 17.5 Å². The number of nitrogens with one attached hydrogen (secondary N) is 1. The van der Waals surface area contributed by atoms with E-state index in [1.165, 1.54) is 0 Å². The Morgan fingerprint density at radius 1 is 1.60 bits per heavy atom. The Labute approximate surface area is 122 Å². The van der Waals surface area contributed by atoms with Crippen LogP contribution in [0, 0.1) is 23.1 Å². The monoisotopic (exact) mass is 295 g/mol. The molecule has 0 unspecified atom stereocenters. The molecule has 0 atom stereocenters. The minimum Gasteiger partial charge on any atom is -0.334 e. The molecule has 0 spiro atoms. The van der Waals surface area contributed by atoms with Gasteiger partial charge in [0.1, 0.15) is 16.5 Å². The van der Waals surface area contributed by atoms with E-state index in [1.54, 1.807) is 0 Å². The molecule has 1 heterocycles. The van der Waals surface area contributed by atoms with Gasteiger partial charge in [-0.15, -0.1) is 0 Å². The quantitative estimate of drug-likeness (QED) is 0.853. The number of hydrogen-bond acceptors (Lipinski definition) is 3. The lowest BCUT2D eigenvalue weighted by molar-refractivity contribution is 0.0893. The van der Waals surface area contributed by atoms with Gasteiger partial charge in [-0.2, -0.15) is 5.26 Å². The summed E-state index contributed by atoms with van der Waals surface area (Å²) >= 11 is 5.80. The summed E-state index contributed by atoms with van der Waals surface area (Å²) in [6, 6.07) is 3.21. The number of hydrogen-bond donors (Lipinski definition) is 1. The number of amides is 1. The third-order valence-corrected chi connectivity index (χ3v) is 4.05. The average molecular weight is 296 g/mol. The van der Waals surface area contributed by atoms with E-state index in [0.717, 1.165) is 25.1 Å². The molecular formula is C14H15ClFN3O. The molecule has 1 saturated carbocycles. The van der Waals surface area contributed by atoms with Crippen LogP contribution in [0.1, 0.15) is 43.0 Å². The summed E-state index contributed by atoms with van der Waals surface area (Å²) in [6.07, 6.45) is 3.89. The summed E-state index contributed by atoms with van der Waals surface area (Å²) in [5.74, 6) is -0.645. The largest absolute Gasteiger partial charge is 0.334 e. The van der Waals surface area contributed by atoms with Crippen LogP contribution in [0.4, 0.5) is 4.39 Å². The number of aromatic nitrogens is 1. The maximum Gasteiger partial charge on any atom is 0.255 e. The molecule has 2 rings (SSSR count). The van der Waals surface area contributed by atoms with Gasteiger partial charge in [-0.25, -0.2) is 9.37 Å². The Bertz CT molecular complexity index is 562. The van der Waals surface area contributed by atoms with Crippen LogP contribution in [0.25, 0.3) is 0 Å². The van der Waals surface area contributed by atoms with Crippen molar-refractivity contribution in [3.8, 4) is 6.07 Å². The molecule has 4 nitrogen and oxygen atoms in total. The normalized spacial score (nSPS) is 25.8. The van der Waals surface area contributed by atoms with Crippen LogP contribution < -0.4 is 5.32 Å². The van der Waals surface area contributed by atoms with Crippen LogP contribution in [0.15, 0.2) is 12.3 Å². The minimum absolute atomic E-state index is 0.0417. The fourth-order valence-corrected chi connectivity index (χ4v) is 2.58. The first-order valence-electron chi connectivity index (χ1n) is 6.50. The van der Waals surface area contributed by atoms with E-state index < -0.39 is 17.3 Å². The van der Waals surface area contributed by atoms with Crippen molar-refractivity contribution in [1.82, 2.24) is 10.3 Å². The zero-order chi connectivity index (χ0) is 14.8. The first-order valence-corrected chi connectivity index (χ1v) is 6.88. The summed E-state index contributed by atoms with van der Waals surface area (Å²) in [7, 11) is 0. The SMILES string of the molecule is CC1CCC(C#N)(NC(=O)c2cc(F)cnc2Cl)CC1. The smallest absolute Gasteiger partial charge is 0.255 e. The van der Waals surface area contributed by atoms with Crippen molar-refractivity contribution in [1.29, 1.82) is 5.26 Å². The number of carbonyl (C=O) groups is 1. The summed E-state index contributed by atoms with van der Waals surface area (Å²) in [5.41, 5.74) is -0.931. The van der Waals surface area contributed by atoms with Crippen LogP contribution in [0.3, 0.4) is 0 Å². The molecule has 0 aliphatic heterocycles. The lowest BCUT2D eigenvalue weighted by atomic mass is 9.78. The van der Waals surface area contributed by atoms with Gasteiger partial charge in [0.2, 0.25) is 0 Å². The third-order valence-electron chi connectivity index (χ3n) is 3.74. The topological polar surface area (TPSA) is 65.8 Å². The molecule has 0 bridgehead atoms. The zero-order valence-corrected chi connectivity index (χ0v) is 11.9. The highest BCUT2D eigenvalue weighted by molar-refractivity contribution is 6.32. The lowest BCUT2D eigenvalue weighted by Gasteiger charge is -2.34. The molecule has 6 heteroatoms. The Morgan fingerprint density at radius 3 is 2.85 bits per heavy atom. The van der Waals surface area contributed by atoms with Crippen LogP contribution in [-0.4, -0.2) is 16.4 Å². The second kappa shape index (κ2) is 5.76. The van der Waals surface area contributed by atoms with Gasteiger partial charge in [-0.3, -0.25) is 4.79 Å². The van der Waals surface area contributed by atoms with Crippen molar-refractivity contribution in [2.45, 2.75) is 38.1 Å². The average Bonchev–Trinajstić information content (AvgIpc) is 2.44. The van der Waals surface area contributed by atoms with Gasteiger partial charge in [0.05, 0.1) is 17.8 Å². The minimum atomic E-state index is -0.890. The van der Waals surface area contributed by atoms with Gasteiger partial charge < -0.3 is 5.32 Å². The number of nitrogens with zero attached hydrogens (tertiary/aromatic N) is 2. The maximum atomic E-state index is 13.1. The molecule has 0 aromatic carbocycles. The highest BCUT2D eigenvalue weighted by atomic mass is 35.5. The lowest BCUT2D eigenvalue weighted by Crippen LogP contribution is -2.49. The van der Waals surface area contributed by atoms with Crippen LogP contribution in [0.2, 0.25) is 5.15 Å². The summed E-state index contributed by atoms with van der Waals surface area (Å²) in [4.78, 5) is 15.8. The second-order valence-electron chi connectivity index (χ2n) is 5.32. The van der Waals surface area contributed by atoms with Gasteiger partial charge in [-0.05, 0) is 37.7 Å². The molecule has 1 amide bonds. The van der Waals surface area contributed by atoms with Crippen molar-refractivity contribution < 1.29 is 9.18 Å². The fourth-order valence-electron chi connectivity index (χ4n) is 2.39. The van der Waals surface area contributed by atoms with E-state index in [0.29, 0.717) is 18.8 Å². The number of halogens is 2. The molecule has 1 N–H and O–H groups in total. The van der Waals surface area contributed by atoms with Gasteiger partial charge >= 0.3 is 0 Å². The van der Waals surface area contributed by atoms with E-state index in [1.807, 2.05) is 0 Å². The number of carbonyl (C=O) groups excluding carboxylic acids is 1. The zero-order valence-electron chi connectivity index (χ0n) is 11.1. The Kier molecular flexibility index (Phi) is 4.24. The van der Waals surface area contributed by atoms with E-state index in [2.05, 4.69) is 23.3 Å². The predicted molar refractivity (Wildman–Crippen MR) is 72.6 cm³/mol. The van der Waals surface area contributed by atoms with E-state index >= 15 is 0 Å². The van der Waals surface area contributed by atoms with Gasteiger partial charge in [0.15, 0.2) is 0 Å². The molecule has 20 heavy (non-hydrogen) atoms. The molecule has 1 aromatic rings. The van der Waals surface area contributed by atoms with Crippen LogP contribution in [0.5, 0.6) is 0 Å². The molecule has 1 fully saturated rings. The third kappa shape index (κ3) is 3.07. The molecule has 0 radical (unpaired) electrons. The van der Waals surface area contributed by atoms with Gasteiger partial charge in [-0.1, -0.05) is 18.5 Å². The summed E-state index contributed by atoms with van der Waals surface area (Å²) in [6.45, 7) is 2.12. The van der Waals surface area contributed by atoms with Crippen molar-refractivity contribution in [2.75, 3.05) is 0 Å².